The molecule has 0 saturated carbocycles. The van der Waals surface area contributed by atoms with E-state index in [1.54, 1.807) is 31.2 Å². The van der Waals surface area contributed by atoms with Gasteiger partial charge in [0.2, 0.25) is 5.91 Å². The molecular weight excluding hydrogens is 384 g/mol. The largest absolute Gasteiger partial charge is 0.493 e. The van der Waals surface area contributed by atoms with Crippen LogP contribution < -0.4 is 25.4 Å². The van der Waals surface area contributed by atoms with Crippen LogP contribution in [0.3, 0.4) is 0 Å². The second kappa shape index (κ2) is 9.83. The van der Waals surface area contributed by atoms with Crippen LogP contribution in [0.15, 0.2) is 42.5 Å². The highest BCUT2D eigenvalue weighted by Gasteiger charge is 2.23. The highest BCUT2D eigenvalue weighted by atomic mass is 19.3. The molecule has 2 aromatic rings. The van der Waals surface area contributed by atoms with Crippen LogP contribution in [0.25, 0.3) is 0 Å². The minimum Gasteiger partial charge on any atom is -0.493 e. The SMILES string of the molecule is COc1cc(C[NH+](C)[C@@H](C)C(=O)Nc2ccc(C(N)=O)cc2)ccc1OC(F)F. The van der Waals surface area contributed by atoms with E-state index in [4.69, 9.17) is 10.5 Å². The van der Waals surface area contributed by atoms with Gasteiger partial charge in [0.25, 0.3) is 5.91 Å². The normalized spacial score (nSPS) is 12.9. The Balaban J connectivity index is 2.01. The minimum atomic E-state index is -2.94. The van der Waals surface area contributed by atoms with Crippen LogP contribution in [0.5, 0.6) is 11.5 Å². The van der Waals surface area contributed by atoms with Gasteiger partial charge in [-0.05, 0) is 49.4 Å². The summed E-state index contributed by atoms with van der Waals surface area (Å²) >= 11 is 0. The van der Waals surface area contributed by atoms with E-state index in [0.717, 1.165) is 10.5 Å². The van der Waals surface area contributed by atoms with Crippen molar-refractivity contribution in [2.24, 2.45) is 5.73 Å². The number of hydrogen-bond acceptors (Lipinski definition) is 4. The zero-order valence-electron chi connectivity index (χ0n) is 16.4. The molecule has 2 atom stereocenters. The number of likely N-dealkylation sites (N-methyl/N-ethyl adjacent to an activating group) is 1. The summed E-state index contributed by atoms with van der Waals surface area (Å²) in [5, 5.41) is 2.79. The maximum atomic E-state index is 12.5. The Bertz CT molecular complexity index is 859. The van der Waals surface area contributed by atoms with Gasteiger partial charge >= 0.3 is 6.61 Å². The quantitative estimate of drug-likeness (QED) is 0.585. The van der Waals surface area contributed by atoms with Crippen LogP contribution in [0.2, 0.25) is 0 Å². The summed E-state index contributed by atoms with van der Waals surface area (Å²) in [6, 6.07) is 10.5. The fourth-order valence-electron chi connectivity index (χ4n) is 2.68. The molecule has 1 unspecified atom stereocenters. The third-order valence-corrected chi connectivity index (χ3v) is 4.50. The van der Waals surface area contributed by atoms with E-state index in [2.05, 4.69) is 10.1 Å². The molecule has 0 fully saturated rings. The van der Waals surface area contributed by atoms with Crippen LogP contribution in [-0.4, -0.2) is 38.6 Å². The molecule has 0 aromatic heterocycles. The highest BCUT2D eigenvalue weighted by Crippen LogP contribution is 2.29. The van der Waals surface area contributed by atoms with E-state index in [9.17, 15) is 18.4 Å². The number of amides is 2. The maximum Gasteiger partial charge on any atom is 0.387 e. The molecule has 0 spiro atoms. The molecule has 0 aliphatic rings. The average molecular weight is 408 g/mol. The number of primary amides is 1. The molecule has 2 amide bonds. The van der Waals surface area contributed by atoms with Crippen LogP contribution in [-0.2, 0) is 11.3 Å². The van der Waals surface area contributed by atoms with Gasteiger partial charge in [-0.2, -0.15) is 8.78 Å². The van der Waals surface area contributed by atoms with Crippen LogP contribution in [0.1, 0.15) is 22.8 Å². The number of nitrogens with two attached hydrogens (primary N) is 1. The zero-order valence-corrected chi connectivity index (χ0v) is 16.4. The first-order valence-corrected chi connectivity index (χ1v) is 8.86. The van der Waals surface area contributed by atoms with Crippen molar-refractivity contribution in [1.82, 2.24) is 0 Å². The van der Waals surface area contributed by atoms with Crippen molar-refractivity contribution in [2.75, 3.05) is 19.5 Å². The number of carbonyl (C=O) groups is 2. The molecule has 4 N–H and O–H groups in total. The summed E-state index contributed by atoms with van der Waals surface area (Å²) in [5.41, 5.74) is 6.90. The Kier molecular flexibility index (Phi) is 7.49. The van der Waals surface area contributed by atoms with Gasteiger partial charge in [0, 0.05) is 16.8 Å². The first-order valence-electron chi connectivity index (χ1n) is 8.86. The summed E-state index contributed by atoms with van der Waals surface area (Å²) in [6.45, 7) is -0.710. The molecule has 0 saturated heterocycles. The topological polar surface area (TPSA) is 95.1 Å². The van der Waals surface area contributed by atoms with Crippen molar-refractivity contribution in [3.8, 4) is 11.5 Å². The first-order chi connectivity index (χ1) is 13.7. The van der Waals surface area contributed by atoms with Gasteiger partial charge in [-0.3, -0.25) is 9.59 Å². The second-order valence-corrected chi connectivity index (χ2v) is 6.54. The molecular formula is C20H24F2N3O4+. The van der Waals surface area contributed by atoms with Gasteiger partial charge in [-0.1, -0.05) is 0 Å². The molecule has 0 heterocycles. The molecule has 2 rings (SSSR count). The molecule has 0 aliphatic carbocycles. The van der Waals surface area contributed by atoms with Gasteiger partial charge in [0.1, 0.15) is 6.54 Å². The lowest BCUT2D eigenvalue weighted by atomic mass is 10.1. The summed E-state index contributed by atoms with van der Waals surface area (Å²) in [7, 11) is 3.21. The van der Waals surface area contributed by atoms with Crippen molar-refractivity contribution in [3.05, 3.63) is 53.6 Å². The number of anilines is 1. The van der Waals surface area contributed by atoms with Crippen molar-refractivity contribution in [2.45, 2.75) is 26.1 Å². The van der Waals surface area contributed by atoms with Crippen LogP contribution in [0.4, 0.5) is 14.5 Å². The molecule has 156 valence electrons. The van der Waals surface area contributed by atoms with Crippen molar-refractivity contribution in [3.63, 3.8) is 0 Å². The van der Waals surface area contributed by atoms with Crippen molar-refractivity contribution >= 4 is 17.5 Å². The van der Waals surface area contributed by atoms with Crippen molar-refractivity contribution < 1.29 is 32.7 Å². The zero-order chi connectivity index (χ0) is 21.6. The molecule has 9 heteroatoms. The summed E-state index contributed by atoms with van der Waals surface area (Å²) in [5.74, 6) is -0.601. The average Bonchev–Trinajstić information content (AvgIpc) is 2.68. The molecule has 2 aromatic carbocycles. The Morgan fingerprint density at radius 3 is 2.34 bits per heavy atom. The van der Waals surface area contributed by atoms with E-state index in [1.165, 1.54) is 25.3 Å². The summed E-state index contributed by atoms with van der Waals surface area (Å²) in [4.78, 5) is 24.5. The lowest BCUT2D eigenvalue weighted by Crippen LogP contribution is -3.12. The van der Waals surface area contributed by atoms with Gasteiger partial charge in [0.15, 0.2) is 17.5 Å². The standard InChI is InChI=1S/C20H23F2N3O4/c1-12(19(27)24-15-7-5-14(6-8-15)18(23)26)25(2)11-13-4-9-16(29-20(21)22)17(10-13)28-3/h4-10,12,20H,11H2,1-3H3,(H2,23,26)(H,24,27)/p+1/t12-/m0/s1. The number of benzene rings is 2. The second-order valence-electron chi connectivity index (χ2n) is 6.54. The number of halogens is 2. The number of alkyl halides is 2. The molecule has 0 bridgehead atoms. The Hall–Kier alpha value is -3.20. The number of quaternary nitrogens is 1. The Labute approximate surface area is 167 Å². The molecule has 7 nitrogen and oxygen atoms in total. The number of carbonyl (C=O) groups excluding carboxylic acids is 2. The maximum absolute atomic E-state index is 12.5. The van der Waals surface area contributed by atoms with Gasteiger partial charge < -0.3 is 25.4 Å². The fraction of sp³-hybridized carbons (Fsp3) is 0.300. The Morgan fingerprint density at radius 2 is 1.79 bits per heavy atom. The van der Waals surface area contributed by atoms with Crippen LogP contribution in [0, 0.1) is 0 Å². The highest BCUT2D eigenvalue weighted by molar-refractivity contribution is 5.95. The first kappa shape index (κ1) is 22.1. The lowest BCUT2D eigenvalue weighted by Gasteiger charge is -2.21. The molecule has 0 radical (unpaired) electrons. The number of hydrogen-bond donors (Lipinski definition) is 3. The van der Waals surface area contributed by atoms with Crippen LogP contribution >= 0.6 is 0 Å². The monoisotopic (exact) mass is 408 g/mol. The summed E-state index contributed by atoms with van der Waals surface area (Å²) in [6.07, 6.45) is 0. The van der Waals surface area contributed by atoms with Gasteiger partial charge in [0.05, 0.1) is 14.2 Å². The number of ether oxygens (including phenoxy) is 2. The third-order valence-electron chi connectivity index (χ3n) is 4.50. The smallest absolute Gasteiger partial charge is 0.387 e. The Morgan fingerprint density at radius 1 is 1.14 bits per heavy atom. The van der Waals surface area contributed by atoms with E-state index >= 15 is 0 Å². The van der Waals surface area contributed by atoms with E-state index in [1.807, 2.05) is 7.05 Å². The van der Waals surface area contributed by atoms with Gasteiger partial charge in [-0.25, -0.2) is 0 Å². The minimum absolute atomic E-state index is 0.0471. The fourth-order valence-corrected chi connectivity index (χ4v) is 2.68. The lowest BCUT2D eigenvalue weighted by molar-refractivity contribution is -0.907. The van der Waals surface area contributed by atoms with Gasteiger partial charge in [-0.15, -0.1) is 0 Å². The molecule has 0 aliphatic heterocycles. The number of rotatable bonds is 9. The van der Waals surface area contributed by atoms with Crippen molar-refractivity contribution in [1.29, 1.82) is 0 Å². The third kappa shape index (κ3) is 6.15. The predicted molar refractivity (Wildman–Crippen MR) is 103 cm³/mol. The summed E-state index contributed by atoms with van der Waals surface area (Å²) < 4.78 is 34.4. The van der Waals surface area contributed by atoms with E-state index in [0.29, 0.717) is 17.8 Å². The predicted octanol–water partition coefficient (Wildman–Crippen LogP) is 1.44. The van der Waals surface area contributed by atoms with E-state index < -0.39 is 18.6 Å². The number of methoxy groups -OCH3 is 1. The number of nitrogens with one attached hydrogen (secondary N) is 2. The molecule has 29 heavy (non-hydrogen) atoms. The van der Waals surface area contributed by atoms with E-state index in [-0.39, 0.29) is 17.4 Å².